The smallest absolute Gasteiger partial charge is 0.0181 e. The summed E-state index contributed by atoms with van der Waals surface area (Å²) in [5.41, 5.74) is 7.36. The summed E-state index contributed by atoms with van der Waals surface area (Å²) in [5, 5.41) is 0. The second-order valence-electron chi connectivity index (χ2n) is 6.99. The number of hydrogen-bond acceptors (Lipinski definition) is 0. The Bertz CT molecular complexity index is 606. The van der Waals surface area contributed by atoms with Gasteiger partial charge in [0, 0.05) is 0 Å². The molecule has 3 rings (SSSR count). The van der Waals surface area contributed by atoms with Gasteiger partial charge < -0.3 is 0 Å². The molecule has 0 heteroatoms. The van der Waals surface area contributed by atoms with Crippen LogP contribution in [0.5, 0.6) is 0 Å². The maximum Gasteiger partial charge on any atom is -0.0181 e. The zero-order chi connectivity index (χ0) is 15.4. The van der Waals surface area contributed by atoms with E-state index in [1.54, 1.807) is 11.1 Å². The van der Waals surface area contributed by atoms with E-state index in [9.17, 15) is 0 Å². The Hall–Kier alpha value is -1.56. The molecular formula is C22H28. The summed E-state index contributed by atoms with van der Waals surface area (Å²) in [6.45, 7) is 4.63. The van der Waals surface area contributed by atoms with Crippen molar-refractivity contribution in [2.45, 2.75) is 58.8 Å². The number of unbranched alkanes of at least 4 members (excludes halogenated alkanes) is 2. The van der Waals surface area contributed by atoms with Crippen LogP contribution in [0.4, 0.5) is 0 Å². The summed E-state index contributed by atoms with van der Waals surface area (Å²) in [5.74, 6) is 0.848. The van der Waals surface area contributed by atoms with Crippen LogP contribution in [0.1, 0.15) is 56.2 Å². The third kappa shape index (κ3) is 3.61. The van der Waals surface area contributed by atoms with Crippen LogP contribution >= 0.6 is 0 Å². The molecule has 0 radical (unpaired) electrons. The van der Waals surface area contributed by atoms with E-state index >= 15 is 0 Å². The third-order valence-electron chi connectivity index (χ3n) is 5.04. The van der Waals surface area contributed by atoms with Crippen molar-refractivity contribution < 1.29 is 0 Å². The summed E-state index contributed by atoms with van der Waals surface area (Å²) in [4.78, 5) is 0. The van der Waals surface area contributed by atoms with Crippen molar-refractivity contribution in [2.75, 3.05) is 0 Å². The van der Waals surface area contributed by atoms with Gasteiger partial charge in [-0.2, -0.15) is 0 Å². The van der Waals surface area contributed by atoms with Crippen molar-refractivity contribution in [3.63, 3.8) is 0 Å². The zero-order valence-electron chi connectivity index (χ0n) is 14.1. The molecule has 0 aliphatic heterocycles. The van der Waals surface area contributed by atoms with Crippen LogP contribution in [0.3, 0.4) is 0 Å². The number of hydrogen-bond donors (Lipinski definition) is 0. The molecule has 1 atom stereocenters. The van der Waals surface area contributed by atoms with Crippen LogP contribution in [0.15, 0.2) is 42.5 Å². The van der Waals surface area contributed by atoms with Gasteiger partial charge >= 0.3 is 0 Å². The fraction of sp³-hybridized carbons (Fsp3) is 0.455. The van der Waals surface area contributed by atoms with E-state index in [1.165, 1.54) is 61.6 Å². The van der Waals surface area contributed by atoms with Crippen LogP contribution in [0.25, 0.3) is 11.1 Å². The van der Waals surface area contributed by atoms with Gasteiger partial charge in [-0.05, 0) is 65.8 Å². The molecule has 116 valence electrons. The van der Waals surface area contributed by atoms with Gasteiger partial charge in [-0.15, -0.1) is 0 Å². The quantitative estimate of drug-likeness (QED) is 0.575. The van der Waals surface area contributed by atoms with Crippen LogP contribution in [-0.4, -0.2) is 0 Å². The maximum atomic E-state index is 2.42. The average molecular weight is 292 g/mol. The van der Waals surface area contributed by atoms with Crippen LogP contribution in [0.2, 0.25) is 0 Å². The highest BCUT2D eigenvalue weighted by Crippen LogP contribution is 2.29. The van der Waals surface area contributed by atoms with Crippen LogP contribution < -0.4 is 0 Å². The van der Waals surface area contributed by atoms with Crippen molar-refractivity contribution in [3.05, 3.63) is 59.2 Å². The lowest BCUT2D eigenvalue weighted by Crippen LogP contribution is -2.11. The summed E-state index contributed by atoms with van der Waals surface area (Å²) in [7, 11) is 0. The average Bonchev–Trinajstić information content (AvgIpc) is 2.55. The van der Waals surface area contributed by atoms with Crippen molar-refractivity contribution in [1.29, 1.82) is 0 Å². The lowest BCUT2D eigenvalue weighted by molar-refractivity contribution is 0.501. The second-order valence-corrected chi connectivity index (χ2v) is 6.99. The Labute approximate surface area is 135 Å². The molecule has 0 amide bonds. The number of fused-ring (bicyclic) bond motifs is 1. The highest BCUT2D eigenvalue weighted by atomic mass is 14.2. The highest BCUT2D eigenvalue weighted by molar-refractivity contribution is 5.65. The lowest BCUT2D eigenvalue weighted by atomic mass is 9.83. The fourth-order valence-corrected chi connectivity index (χ4v) is 3.56. The van der Waals surface area contributed by atoms with Gasteiger partial charge in [0.2, 0.25) is 0 Å². The Balaban J connectivity index is 1.74. The molecule has 1 aliphatic rings. The van der Waals surface area contributed by atoms with Gasteiger partial charge in [0.15, 0.2) is 0 Å². The minimum Gasteiger partial charge on any atom is -0.0654 e. The summed E-state index contributed by atoms with van der Waals surface area (Å²) < 4.78 is 0. The molecule has 1 aliphatic carbocycles. The molecule has 1 unspecified atom stereocenters. The SMILES string of the molecule is CCCCCc1ccc(-c2ccc3c(c2)CCC(C)C3)cc1. The van der Waals surface area contributed by atoms with Gasteiger partial charge in [-0.1, -0.05) is 69.2 Å². The Morgan fingerprint density at radius 3 is 2.45 bits per heavy atom. The van der Waals surface area contributed by atoms with Gasteiger partial charge in [0.25, 0.3) is 0 Å². The van der Waals surface area contributed by atoms with Gasteiger partial charge in [-0.25, -0.2) is 0 Å². The normalized spacial score (nSPS) is 17.3. The minimum atomic E-state index is 0.848. The lowest BCUT2D eigenvalue weighted by Gasteiger charge is -2.22. The number of aryl methyl sites for hydroxylation is 2. The van der Waals surface area contributed by atoms with E-state index in [2.05, 4.69) is 56.3 Å². The van der Waals surface area contributed by atoms with Crippen molar-refractivity contribution in [1.82, 2.24) is 0 Å². The monoisotopic (exact) mass is 292 g/mol. The standard InChI is InChI=1S/C22H28/c1-3-4-5-6-18-8-11-19(12-9-18)21-14-13-20-15-17(2)7-10-22(20)16-21/h8-9,11-14,16-17H,3-7,10,15H2,1-2H3. The first-order valence-electron chi connectivity index (χ1n) is 8.97. The summed E-state index contributed by atoms with van der Waals surface area (Å²) in [6.07, 6.45) is 9.01. The van der Waals surface area contributed by atoms with Crippen molar-refractivity contribution in [2.24, 2.45) is 5.92 Å². The van der Waals surface area contributed by atoms with Crippen LogP contribution in [-0.2, 0) is 19.3 Å². The molecule has 0 aromatic heterocycles. The summed E-state index contributed by atoms with van der Waals surface area (Å²) >= 11 is 0. The molecule has 0 N–H and O–H groups in total. The number of rotatable bonds is 5. The molecule has 0 saturated carbocycles. The topological polar surface area (TPSA) is 0 Å². The Morgan fingerprint density at radius 1 is 0.909 bits per heavy atom. The molecule has 0 bridgehead atoms. The van der Waals surface area contributed by atoms with E-state index in [-0.39, 0.29) is 0 Å². The predicted molar refractivity (Wildman–Crippen MR) is 96.3 cm³/mol. The van der Waals surface area contributed by atoms with Crippen LogP contribution in [0, 0.1) is 5.92 Å². The predicted octanol–water partition coefficient (Wildman–Crippen LogP) is 6.21. The molecule has 0 nitrogen and oxygen atoms in total. The van der Waals surface area contributed by atoms with Gasteiger partial charge in [-0.3, -0.25) is 0 Å². The Morgan fingerprint density at radius 2 is 1.68 bits per heavy atom. The third-order valence-corrected chi connectivity index (χ3v) is 5.04. The highest BCUT2D eigenvalue weighted by Gasteiger charge is 2.15. The van der Waals surface area contributed by atoms with E-state index in [1.807, 2.05) is 0 Å². The molecule has 0 fully saturated rings. The molecule has 2 aromatic rings. The van der Waals surface area contributed by atoms with Crippen molar-refractivity contribution >= 4 is 0 Å². The van der Waals surface area contributed by atoms with E-state index in [4.69, 9.17) is 0 Å². The number of benzene rings is 2. The fourth-order valence-electron chi connectivity index (χ4n) is 3.56. The first-order valence-corrected chi connectivity index (χ1v) is 8.97. The van der Waals surface area contributed by atoms with Gasteiger partial charge in [0.1, 0.15) is 0 Å². The summed E-state index contributed by atoms with van der Waals surface area (Å²) in [6, 6.07) is 16.3. The second kappa shape index (κ2) is 7.13. The zero-order valence-corrected chi connectivity index (χ0v) is 14.1. The molecule has 2 aromatic carbocycles. The van der Waals surface area contributed by atoms with Crippen molar-refractivity contribution in [3.8, 4) is 11.1 Å². The first-order chi connectivity index (χ1) is 10.8. The van der Waals surface area contributed by atoms with E-state index in [0.29, 0.717) is 0 Å². The molecular weight excluding hydrogens is 264 g/mol. The molecule has 22 heavy (non-hydrogen) atoms. The Kier molecular flexibility index (Phi) is 4.97. The minimum absolute atomic E-state index is 0.848. The molecule has 0 saturated heterocycles. The van der Waals surface area contributed by atoms with Gasteiger partial charge in [0.05, 0.1) is 0 Å². The first kappa shape index (κ1) is 15.3. The molecule has 0 spiro atoms. The maximum absolute atomic E-state index is 2.42. The van der Waals surface area contributed by atoms with E-state index in [0.717, 1.165) is 5.92 Å². The molecule has 0 heterocycles. The largest absolute Gasteiger partial charge is 0.0654 e. The van der Waals surface area contributed by atoms with E-state index < -0.39 is 0 Å².